The van der Waals surface area contributed by atoms with Crippen molar-refractivity contribution in [2.75, 3.05) is 26.7 Å². The number of H-pyrrole nitrogens is 1. The summed E-state index contributed by atoms with van der Waals surface area (Å²) in [6.45, 7) is 6.20. The maximum Gasteiger partial charge on any atom is 0.246 e. The zero-order chi connectivity index (χ0) is 63.9. The molecule has 0 unspecified atom stereocenters. The number of aliphatic hydroxyl groups excluding tert-OH is 2. The molecule has 5 rings (SSSR count). The molecular formula is C60H84N14O13. The average Bonchev–Trinajstić information content (AvgIpc) is 3.52. The first kappa shape index (κ1) is 68.7. The van der Waals surface area contributed by atoms with Gasteiger partial charge in [-0.25, -0.2) is 0 Å². The normalized spacial score (nSPS) is 16.5. The average molecular weight is 1210 g/mol. The monoisotopic (exact) mass is 1210 g/mol. The number of β-amino-alcohol motifs (C(OH)–C–C–N with tert-alkyl or cyclic N) is 1. The first-order chi connectivity index (χ1) is 41.3. The molecule has 1 fully saturated rings. The quantitative estimate of drug-likeness (QED) is 0.0148. The van der Waals surface area contributed by atoms with Crippen molar-refractivity contribution < 1.29 is 63.3 Å². The molecule has 4 aromatic rings. The molecule has 2 heterocycles. The molecule has 0 aliphatic carbocycles. The second-order valence-electron chi connectivity index (χ2n) is 22.3. The number of carbonyl (C=O) groups is 10. The predicted molar refractivity (Wildman–Crippen MR) is 321 cm³/mol. The maximum atomic E-state index is 14.2. The lowest BCUT2D eigenvalue weighted by atomic mass is 9.91. The number of rotatable bonds is 33. The Labute approximate surface area is 504 Å². The zero-order valence-electron chi connectivity index (χ0n) is 49.7. The second-order valence-corrected chi connectivity index (χ2v) is 22.3. The van der Waals surface area contributed by atoms with Crippen LogP contribution >= 0.6 is 0 Å². The number of phenols is 1. The van der Waals surface area contributed by atoms with Crippen molar-refractivity contribution in [1.29, 1.82) is 5.41 Å². The number of nitrogens with one attached hydrogen (secondary N) is 11. The van der Waals surface area contributed by atoms with E-state index in [1.807, 2.05) is 38.1 Å². The molecule has 87 heavy (non-hydrogen) atoms. The fourth-order valence-corrected chi connectivity index (χ4v) is 10.3. The number of nitrogens with two attached hydrogens (primary N) is 2. The Morgan fingerprint density at radius 1 is 0.678 bits per heavy atom. The van der Waals surface area contributed by atoms with Gasteiger partial charge < -0.3 is 84.5 Å². The van der Waals surface area contributed by atoms with Gasteiger partial charge in [-0.15, -0.1) is 0 Å². The molecule has 1 saturated heterocycles. The number of phenolic OH excluding ortho intramolecular Hbond substituents is 1. The summed E-state index contributed by atoms with van der Waals surface area (Å²) in [7, 11) is 1.58. The molecule has 0 saturated carbocycles. The molecule has 3 aromatic carbocycles. The lowest BCUT2D eigenvalue weighted by Gasteiger charge is -2.30. The fourth-order valence-electron chi connectivity index (χ4n) is 10.3. The number of para-hydroxylation sites is 1. The zero-order valence-corrected chi connectivity index (χ0v) is 49.7. The molecule has 27 heteroatoms. The Bertz CT molecular complexity index is 3030. The highest BCUT2D eigenvalue weighted by Crippen LogP contribution is 2.23. The number of guanidine groups is 1. The third-order valence-electron chi connectivity index (χ3n) is 14.7. The number of aromatic nitrogens is 1. The fraction of sp³-hybridized carbons (Fsp3) is 0.483. The van der Waals surface area contributed by atoms with Crippen LogP contribution in [0.15, 0.2) is 85.1 Å². The van der Waals surface area contributed by atoms with Gasteiger partial charge in [0.25, 0.3) is 0 Å². The van der Waals surface area contributed by atoms with Gasteiger partial charge in [0.2, 0.25) is 59.1 Å². The third-order valence-corrected chi connectivity index (χ3v) is 14.7. The molecular weight excluding hydrogens is 1120 g/mol. The molecule has 472 valence electrons. The van der Waals surface area contributed by atoms with E-state index in [0.29, 0.717) is 24.0 Å². The summed E-state index contributed by atoms with van der Waals surface area (Å²) in [6.07, 6.45) is -0.887. The number of fused-ring (bicyclic) bond motifs is 1. The van der Waals surface area contributed by atoms with Gasteiger partial charge in [0, 0.05) is 82.3 Å². The molecule has 1 aliphatic heterocycles. The molecule has 1 aliphatic rings. The van der Waals surface area contributed by atoms with E-state index in [2.05, 4.69) is 52.8 Å². The van der Waals surface area contributed by atoms with Gasteiger partial charge in [-0.1, -0.05) is 74.5 Å². The molecule has 10 atom stereocenters. The van der Waals surface area contributed by atoms with Crippen LogP contribution in [0.1, 0.15) is 89.3 Å². The van der Waals surface area contributed by atoms with Crippen LogP contribution in [0.2, 0.25) is 0 Å². The molecule has 0 bridgehead atoms. The third kappa shape index (κ3) is 21.7. The Morgan fingerprint density at radius 3 is 1.93 bits per heavy atom. The van der Waals surface area contributed by atoms with Crippen molar-refractivity contribution in [3.8, 4) is 5.75 Å². The molecule has 0 radical (unpaired) electrons. The highest BCUT2D eigenvalue weighted by Gasteiger charge is 2.43. The van der Waals surface area contributed by atoms with Crippen LogP contribution < -0.4 is 59.3 Å². The second kappa shape index (κ2) is 33.5. The molecule has 0 spiro atoms. The van der Waals surface area contributed by atoms with Gasteiger partial charge >= 0.3 is 0 Å². The summed E-state index contributed by atoms with van der Waals surface area (Å²) in [4.78, 5) is 140. The van der Waals surface area contributed by atoms with Crippen LogP contribution in [-0.2, 0) is 67.2 Å². The van der Waals surface area contributed by atoms with Crippen molar-refractivity contribution in [1.82, 2.24) is 57.7 Å². The molecule has 18 N–H and O–H groups in total. The minimum Gasteiger partial charge on any atom is -0.508 e. The number of amides is 10. The van der Waals surface area contributed by atoms with E-state index >= 15 is 0 Å². The van der Waals surface area contributed by atoms with Crippen molar-refractivity contribution in [2.45, 2.75) is 146 Å². The number of aliphatic hydroxyl groups is 2. The van der Waals surface area contributed by atoms with Gasteiger partial charge in [0.1, 0.15) is 48.0 Å². The Kier molecular flexibility index (Phi) is 26.5. The number of hydrogen-bond donors (Lipinski definition) is 16. The van der Waals surface area contributed by atoms with Crippen LogP contribution in [0.5, 0.6) is 5.75 Å². The highest BCUT2D eigenvalue weighted by molar-refractivity contribution is 5.99. The topological polar surface area (TPSA) is 435 Å². The number of nitrogens with zero attached hydrogens (tertiary/aromatic N) is 1. The number of primary amides is 2. The number of hydrogen-bond acceptors (Lipinski definition) is 14. The van der Waals surface area contributed by atoms with Crippen LogP contribution in [0.4, 0.5) is 0 Å². The number of aromatic amines is 1. The van der Waals surface area contributed by atoms with Crippen LogP contribution in [0.25, 0.3) is 10.9 Å². The van der Waals surface area contributed by atoms with Crippen LogP contribution in [0.3, 0.4) is 0 Å². The number of carbonyl (C=O) groups excluding carboxylic acids is 10. The Balaban J connectivity index is 1.25. The van der Waals surface area contributed by atoms with Crippen LogP contribution in [0, 0.1) is 17.2 Å². The maximum absolute atomic E-state index is 14.2. The van der Waals surface area contributed by atoms with Gasteiger partial charge in [0.05, 0.1) is 18.6 Å². The minimum atomic E-state index is -1.79. The van der Waals surface area contributed by atoms with Gasteiger partial charge in [0.15, 0.2) is 5.96 Å². The van der Waals surface area contributed by atoms with E-state index in [4.69, 9.17) is 16.9 Å². The largest absolute Gasteiger partial charge is 0.508 e. The molecule has 27 nitrogen and oxygen atoms in total. The van der Waals surface area contributed by atoms with Crippen molar-refractivity contribution in [2.24, 2.45) is 23.3 Å². The van der Waals surface area contributed by atoms with Crippen molar-refractivity contribution >= 4 is 75.9 Å². The first-order valence-corrected chi connectivity index (χ1v) is 29.0. The smallest absolute Gasteiger partial charge is 0.246 e. The summed E-state index contributed by atoms with van der Waals surface area (Å²) in [5.74, 6) is -8.68. The summed E-state index contributed by atoms with van der Waals surface area (Å²) < 4.78 is 0. The van der Waals surface area contributed by atoms with Crippen molar-refractivity contribution in [3.63, 3.8) is 0 Å². The summed E-state index contributed by atoms with van der Waals surface area (Å²) in [5, 5.41) is 64.0. The van der Waals surface area contributed by atoms with E-state index < -0.39 is 126 Å². The summed E-state index contributed by atoms with van der Waals surface area (Å²) in [6, 6.07) is 12.2. The molecule has 10 amide bonds. The summed E-state index contributed by atoms with van der Waals surface area (Å²) >= 11 is 0. The number of aromatic hydroxyl groups is 1. The van der Waals surface area contributed by atoms with Crippen molar-refractivity contribution in [3.05, 3.63) is 102 Å². The minimum absolute atomic E-state index is 0.0153. The van der Waals surface area contributed by atoms with E-state index in [1.54, 1.807) is 43.6 Å². The number of likely N-dealkylation sites (tertiary alicyclic amines) is 1. The molecule has 1 aromatic heterocycles. The Hall–Kier alpha value is -9.11. The lowest BCUT2D eigenvalue weighted by molar-refractivity contribution is -0.142. The first-order valence-electron chi connectivity index (χ1n) is 29.0. The van der Waals surface area contributed by atoms with E-state index in [1.165, 1.54) is 38.1 Å². The Morgan fingerprint density at radius 2 is 1.29 bits per heavy atom. The van der Waals surface area contributed by atoms with E-state index in [-0.39, 0.29) is 82.2 Å². The van der Waals surface area contributed by atoms with Crippen LogP contribution in [-0.4, -0.2) is 171 Å². The van der Waals surface area contributed by atoms with Gasteiger partial charge in [-0.3, -0.25) is 53.4 Å². The number of benzene rings is 3. The lowest BCUT2D eigenvalue weighted by Crippen LogP contribution is -2.61. The van der Waals surface area contributed by atoms with E-state index in [0.717, 1.165) is 21.4 Å². The predicted octanol–water partition coefficient (Wildman–Crippen LogP) is -1.38. The standard InChI is InChI=1S/C60H84N14O13/c1-33(2)25-38(53(81)69-44(18-12-24-66-60(63)64-5)55(83)70-45(52(62)80)28-39-31-67-43-17-10-9-16-42(39)43)15-11-23-65-54(82)46(26-36-13-7-6-8-14-36)72-58(86)51(34(3)75)73-56(84)47(30-50(61)79)71-57(85)49-29-41(78)32-74(49)59(87)48(68-35(4)76)27-37-19-21-40(77)22-20-37/h6-10,13-14,16-17,19-22,31,33-34,38,41,44-49,51,67,75,77-78H,11-12,15,18,23-30,32H2,1-5H3,(H2,61,79)(H2,62,80)(H,65,82)(H,68,76)(H,69,81)(H,70,83)(H,71,85)(H,72,86)(H,73,84)(H3,63,64,66)/t34-,38+,41-,44+,45+,46+,47+,48-,49+,51+/m1/s1. The van der Waals surface area contributed by atoms with Gasteiger partial charge in [-0.05, 0) is 79.8 Å². The SMILES string of the molecule is CNC(=N)NCCC[C@H](NC(=O)[C@@H](CCCNC(=O)[C@H](Cc1ccccc1)NC(=O)[C@@H](NC(=O)[C@H](CC(N)=O)NC(=O)[C@@H]1C[C@@H](O)CN1C(=O)[C@@H](Cc1ccc(O)cc1)NC(C)=O)[C@@H](C)O)CC(C)C)C(=O)N[C@@H](Cc1c[nH]c2ccccc12)C(N)=O. The summed E-state index contributed by atoms with van der Waals surface area (Å²) in [5.41, 5.74) is 14.1. The highest BCUT2D eigenvalue weighted by atomic mass is 16.3. The van der Waals surface area contributed by atoms with E-state index in [9.17, 15) is 63.3 Å². The van der Waals surface area contributed by atoms with Gasteiger partial charge in [-0.2, -0.15) is 0 Å².